The van der Waals surface area contributed by atoms with Gasteiger partial charge in [0.05, 0.1) is 4.92 Å². The third-order valence-electron chi connectivity index (χ3n) is 1.37. The van der Waals surface area contributed by atoms with Gasteiger partial charge in [0.15, 0.2) is 0 Å². The van der Waals surface area contributed by atoms with E-state index >= 15 is 0 Å². The summed E-state index contributed by atoms with van der Waals surface area (Å²) in [5, 5.41) is 17.9. The second kappa shape index (κ2) is 7.10. The van der Waals surface area contributed by atoms with Gasteiger partial charge >= 0.3 is 5.97 Å². The molecular formula is C10H11NO5. The summed E-state index contributed by atoms with van der Waals surface area (Å²) in [7, 11) is 0. The van der Waals surface area contributed by atoms with Gasteiger partial charge in [0.25, 0.3) is 5.69 Å². The largest absolute Gasteiger partial charge is 0.481 e. The van der Waals surface area contributed by atoms with Crippen molar-refractivity contribution in [3.63, 3.8) is 0 Å². The predicted octanol–water partition coefficient (Wildman–Crippen LogP) is 1.64. The molecule has 0 saturated heterocycles. The molecular weight excluding hydrogens is 214 g/mol. The Morgan fingerprint density at radius 1 is 1.31 bits per heavy atom. The van der Waals surface area contributed by atoms with Crippen LogP contribution in [0.15, 0.2) is 30.3 Å². The van der Waals surface area contributed by atoms with E-state index in [9.17, 15) is 19.7 Å². The van der Waals surface area contributed by atoms with Gasteiger partial charge in [-0.3, -0.25) is 19.7 Å². The second-order valence-corrected chi connectivity index (χ2v) is 2.87. The maximum Gasteiger partial charge on any atom is 0.310 e. The zero-order valence-corrected chi connectivity index (χ0v) is 8.62. The van der Waals surface area contributed by atoms with Gasteiger partial charge in [0, 0.05) is 12.1 Å². The topological polar surface area (TPSA) is 97.5 Å². The maximum atomic E-state index is 10.0. The highest BCUT2D eigenvalue weighted by Crippen LogP contribution is 2.06. The Morgan fingerprint density at radius 2 is 1.81 bits per heavy atom. The molecule has 1 aromatic carbocycles. The molecule has 0 aliphatic carbocycles. The molecule has 1 aromatic rings. The van der Waals surface area contributed by atoms with Crippen molar-refractivity contribution in [2.75, 3.05) is 0 Å². The van der Waals surface area contributed by atoms with Gasteiger partial charge < -0.3 is 5.11 Å². The Morgan fingerprint density at radius 3 is 2.00 bits per heavy atom. The number of hydrogen-bond acceptors (Lipinski definition) is 4. The highest BCUT2D eigenvalue weighted by molar-refractivity contribution is 5.93. The quantitative estimate of drug-likeness (QED) is 0.479. The number of Topliss-reactive ketones (excluding diaryl/α,β-unsaturated/α-hetero) is 1. The molecule has 86 valence electrons. The fourth-order valence-electron chi connectivity index (χ4n) is 0.763. The lowest BCUT2D eigenvalue weighted by molar-refractivity contribution is -0.384. The number of ketones is 1. The van der Waals surface area contributed by atoms with E-state index in [2.05, 4.69) is 0 Å². The van der Waals surface area contributed by atoms with E-state index in [1.54, 1.807) is 18.2 Å². The average Bonchev–Trinajstić information content (AvgIpc) is 2.17. The second-order valence-electron chi connectivity index (χ2n) is 2.87. The number of carbonyl (C=O) groups is 2. The summed E-state index contributed by atoms with van der Waals surface area (Å²) in [6.45, 7) is 1.24. The lowest BCUT2D eigenvalue weighted by Gasteiger charge is -1.85. The Kier molecular flexibility index (Phi) is 6.11. The highest BCUT2D eigenvalue weighted by atomic mass is 16.6. The van der Waals surface area contributed by atoms with Crippen molar-refractivity contribution in [3.8, 4) is 0 Å². The predicted molar refractivity (Wildman–Crippen MR) is 56.0 cm³/mol. The molecule has 0 saturated carbocycles. The summed E-state index contributed by atoms with van der Waals surface area (Å²) < 4.78 is 0. The van der Waals surface area contributed by atoms with Crippen LogP contribution < -0.4 is 0 Å². The van der Waals surface area contributed by atoms with Crippen LogP contribution >= 0.6 is 0 Å². The number of nitrogens with zero attached hydrogens (tertiary/aromatic N) is 1. The first-order valence-electron chi connectivity index (χ1n) is 4.34. The third-order valence-corrected chi connectivity index (χ3v) is 1.37. The monoisotopic (exact) mass is 225 g/mol. The summed E-state index contributed by atoms with van der Waals surface area (Å²) >= 11 is 0. The smallest absolute Gasteiger partial charge is 0.310 e. The number of carbonyl (C=O) groups excluding carboxylic acids is 1. The van der Waals surface area contributed by atoms with E-state index in [1.807, 2.05) is 0 Å². The van der Waals surface area contributed by atoms with Crippen LogP contribution in [0.2, 0.25) is 0 Å². The minimum atomic E-state index is -1.06. The highest BCUT2D eigenvalue weighted by Gasteiger charge is 1.99. The molecule has 0 fully saturated rings. The molecule has 0 unspecified atom stereocenters. The van der Waals surface area contributed by atoms with Crippen molar-refractivity contribution >= 4 is 17.4 Å². The number of nitro groups is 1. The first-order valence-corrected chi connectivity index (χ1v) is 4.34. The fraction of sp³-hybridized carbons (Fsp3) is 0.200. The Hall–Kier alpha value is -2.24. The van der Waals surface area contributed by atoms with E-state index in [0.717, 1.165) is 0 Å². The van der Waals surface area contributed by atoms with Gasteiger partial charge in [0.2, 0.25) is 0 Å². The number of carboxylic acid groups (broad SMARTS) is 1. The van der Waals surface area contributed by atoms with Crippen LogP contribution in [-0.4, -0.2) is 21.8 Å². The van der Waals surface area contributed by atoms with Gasteiger partial charge in [0.1, 0.15) is 12.2 Å². The van der Waals surface area contributed by atoms with Crippen LogP contribution in [0, 0.1) is 10.1 Å². The normalized spacial score (nSPS) is 8.56. The molecule has 0 amide bonds. The first kappa shape index (κ1) is 13.8. The van der Waals surface area contributed by atoms with Crippen molar-refractivity contribution in [1.29, 1.82) is 0 Å². The van der Waals surface area contributed by atoms with Crippen molar-refractivity contribution in [3.05, 3.63) is 40.4 Å². The van der Waals surface area contributed by atoms with Crippen molar-refractivity contribution in [1.82, 2.24) is 0 Å². The molecule has 0 heterocycles. The molecule has 0 aliphatic heterocycles. The van der Waals surface area contributed by atoms with Crippen LogP contribution in [0.25, 0.3) is 0 Å². The Labute approximate surface area is 91.7 Å². The minimum Gasteiger partial charge on any atom is -0.481 e. The lowest BCUT2D eigenvalue weighted by Crippen LogP contribution is -2.00. The first-order chi connectivity index (χ1) is 7.43. The number of carboxylic acids is 1. The van der Waals surface area contributed by atoms with Gasteiger partial charge in [-0.15, -0.1) is 0 Å². The van der Waals surface area contributed by atoms with Gasteiger partial charge in [-0.1, -0.05) is 18.2 Å². The number of rotatable bonds is 3. The summed E-state index contributed by atoms with van der Waals surface area (Å²) in [4.78, 5) is 29.1. The number of para-hydroxylation sites is 1. The fourth-order valence-corrected chi connectivity index (χ4v) is 0.763. The van der Waals surface area contributed by atoms with Crippen LogP contribution in [0.1, 0.15) is 13.3 Å². The molecule has 0 spiro atoms. The van der Waals surface area contributed by atoms with E-state index in [-0.39, 0.29) is 17.9 Å². The number of aliphatic carboxylic acids is 1. The molecule has 0 radical (unpaired) electrons. The molecule has 0 atom stereocenters. The van der Waals surface area contributed by atoms with E-state index < -0.39 is 10.9 Å². The molecule has 1 rings (SSSR count). The lowest BCUT2D eigenvalue weighted by atomic mass is 10.3. The van der Waals surface area contributed by atoms with E-state index in [0.29, 0.717) is 0 Å². The number of nitro benzene ring substituents is 1. The number of benzene rings is 1. The van der Waals surface area contributed by atoms with Crippen LogP contribution in [0.5, 0.6) is 0 Å². The molecule has 0 aromatic heterocycles. The van der Waals surface area contributed by atoms with Crippen molar-refractivity contribution in [2.24, 2.45) is 0 Å². The summed E-state index contributed by atoms with van der Waals surface area (Å²) in [5.74, 6) is -1.37. The van der Waals surface area contributed by atoms with Gasteiger partial charge in [-0.2, -0.15) is 0 Å². The zero-order valence-electron chi connectivity index (χ0n) is 8.62. The average molecular weight is 225 g/mol. The standard InChI is InChI=1S/C6H5NO2.C4H6O3/c8-7(9)6-4-2-1-3-5-6;1-3(5)2-4(6)7/h1-5H;2H2,1H3,(H,6,7). The summed E-state index contributed by atoms with van der Waals surface area (Å²) in [6, 6.07) is 7.93. The van der Waals surface area contributed by atoms with E-state index in [4.69, 9.17) is 5.11 Å². The summed E-state index contributed by atoms with van der Waals surface area (Å²) in [5.41, 5.74) is 0.137. The Bertz CT molecular complexity index is 362. The molecule has 1 N–H and O–H groups in total. The maximum absolute atomic E-state index is 10.0. The third kappa shape index (κ3) is 7.19. The SMILES string of the molecule is CC(=O)CC(=O)O.O=[N+]([O-])c1ccccc1. The number of non-ortho nitro benzene ring substituents is 1. The molecule has 0 bridgehead atoms. The Balaban J connectivity index is 0.000000293. The molecule has 16 heavy (non-hydrogen) atoms. The molecule has 0 aliphatic rings. The molecule has 6 nitrogen and oxygen atoms in total. The summed E-state index contributed by atoms with van der Waals surface area (Å²) in [6.07, 6.45) is -0.361. The van der Waals surface area contributed by atoms with Gasteiger partial charge in [-0.25, -0.2) is 0 Å². The van der Waals surface area contributed by atoms with Gasteiger partial charge in [-0.05, 0) is 6.92 Å². The molecule has 6 heteroatoms. The van der Waals surface area contributed by atoms with Crippen LogP contribution in [-0.2, 0) is 9.59 Å². The number of hydrogen-bond donors (Lipinski definition) is 1. The van der Waals surface area contributed by atoms with Crippen molar-refractivity contribution < 1.29 is 19.6 Å². The van der Waals surface area contributed by atoms with E-state index in [1.165, 1.54) is 19.1 Å². The van der Waals surface area contributed by atoms with Crippen LogP contribution in [0.4, 0.5) is 5.69 Å². The minimum absolute atomic E-state index is 0.137. The van der Waals surface area contributed by atoms with Crippen molar-refractivity contribution in [2.45, 2.75) is 13.3 Å². The zero-order chi connectivity index (χ0) is 12.6. The van der Waals surface area contributed by atoms with Crippen LogP contribution in [0.3, 0.4) is 0 Å².